The summed E-state index contributed by atoms with van der Waals surface area (Å²) in [4.78, 5) is 9.31. The van der Waals surface area contributed by atoms with E-state index in [1.54, 1.807) is 21.3 Å². The Kier molecular flexibility index (Phi) is 5.61. The first kappa shape index (κ1) is 19.8. The molecule has 156 valence electrons. The van der Waals surface area contributed by atoms with Crippen LogP contribution in [0.5, 0.6) is 23.0 Å². The van der Waals surface area contributed by atoms with E-state index in [0.717, 1.165) is 41.1 Å². The van der Waals surface area contributed by atoms with E-state index in [9.17, 15) is 0 Å². The topological polar surface area (TPSA) is 74.7 Å². The quantitative estimate of drug-likeness (QED) is 0.622. The van der Waals surface area contributed by atoms with Gasteiger partial charge in [0.15, 0.2) is 11.5 Å². The van der Waals surface area contributed by atoms with E-state index in [4.69, 9.17) is 23.9 Å². The molecule has 3 aromatic rings. The minimum absolute atomic E-state index is 0.498. The summed E-state index contributed by atoms with van der Waals surface area (Å²) in [5, 5.41) is 3.26. The molecule has 0 atom stereocenters. The molecule has 0 fully saturated rings. The third-order valence-corrected chi connectivity index (χ3v) is 5.12. The van der Waals surface area contributed by atoms with Crippen LogP contribution >= 0.6 is 0 Å². The first-order valence-corrected chi connectivity index (χ1v) is 9.86. The average molecular weight is 407 g/mol. The highest BCUT2D eigenvalue weighted by Crippen LogP contribution is 2.41. The van der Waals surface area contributed by atoms with E-state index >= 15 is 0 Å². The molecular formula is C23H25N3O4. The van der Waals surface area contributed by atoms with Gasteiger partial charge in [-0.25, -0.2) is 9.97 Å². The number of rotatable bonds is 7. The number of anilines is 2. The number of hydrogen-bond donors (Lipinski definition) is 1. The van der Waals surface area contributed by atoms with Crippen LogP contribution in [0.15, 0.2) is 36.5 Å². The molecule has 0 radical (unpaired) electrons. The SMILES string of the molecule is CCOc1c(OC)cc(Nc2ncc3c(n2)-c2cccc(OC)c2CC3)cc1OC. The first-order chi connectivity index (χ1) is 14.7. The fraction of sp³-hybridized carbons (Fsp3) is 0.304. The van der Waals surface area contributed by atoms with Crippen LogP contribution in [0.2, 0.25) is 0 Å². The number of nitrogens with zero attached hydrogens (tertiary/aromatic N) is 2. The van der Waals surface area contributed by atoms with Crippen LogP contribution in [0, 0.1) is 0 Å². The maximum Gasteiger partial charge on any atom is 0.227 e. The normalized spacial score (nSPS) is 11.9. The molecule has 1 aromatic heterocycles. The number of nitrogens with one attached hydrogen (secondary N) is 1. The van der Waals surface area contributed by atoms with E-state index in [-0.39, 0.29) is 0 Å². The molecule has 0 unspecified atom stereocenters. The molecule has 4 rings (SSSR count). The molecule has 0 spiro atoms. The minimum atomic E-state index is 0.498. The zero-order valence-corrected chi connectivity index (χ0v) is 17.6. The molecule has 0 saturated carbocycles. The Bertz CT molecular complexity index is 1040. The van der Waals surface area contributed by atoms with Crippen LogP contribution in [0.3, 0.4) is 0 Å². The lowest BCUT2D eigenvalue weighted by Crippen LogP contribution is -2.10. The standard InChI is InChI=1S/C23H25N3O4/c1-5-30-22-19(28-3)11-15(12-20(22)29-4)25-23-24-13-14-9-10-16-17(21(14)26-23)7-6-8-18(16)27-2/h6-8,11-13H,5,9-10H2,1-4H3,(H,24,25,26). The van der Waals surface area contributed by atoms with Crippen LogP contribution in [0.1, 0.15) is 18.1 Å². The smallest absolute Gasteiger partial charge is 0.227 e. The Morgan fingerprint density at radius 2 is 1.70 bits per heavy atom. The largest absolute Gasteiger partial charge is 0.496 e. The number of benzene rings is 2. The maximum atomic E-state index is 5.67. The van der Waals surface area contributed by atoms with Gasteiger partial charge < -0.3 is 24.3 Å². The van der Waals surface area contributed by atoms with Crippen LogP contribution in [0.4, 0.5) is 11.6 Å². The number of hydrogen-bond acceptors (Lipinski definition) is 7. The predicted molar refractivity (Wildman–Crippen MR) is 115 cm³/mol. The molecule has 1 heterocycles. The van der Waals surface area contributed by atoms with Crippen molar-refractivity contribution in [3.05, 3.63) is 47.7 Å². The molecule has 30 heavy (non-hydrogen) atoms. The highest BCUT2D eigenvalue weighted by atomic mass is 16.5. The summed E-state index contributed by atoms with van der Waals surface area (Å²) in [5.74, 6) is 3.11. The van der Waals surface area contributed by atoms with E-state index in [1.165, 1.54) is 5.56 Å². The molecule has 7 nitrogen and oxygen atoms in total. The van der Waals surface area contributed by atoms with Gasteiger partial charge in [-0.3, -0.25) is 0 Å². The lowest BCUT2D eigenvalue weighted by molar-refractivity contribution is 0.288. The zero-order chi connectivity index (χ0) is 21.1. The summed E-state index contributed by atoms with van der Waals surface area (Å²) in [5.41, 5.74) is 5.07. The molecule has 1 N–H and O–H groups in total. The second kappa shape index (κ2) is 8.49. The minimum Gasteiger partial charge on any atom is -0.496 e. The fourth-order valence-corrected chi connectivity index (χ4v) is 3.75. The number of methoxy groups -OCH3 is 3. The van der Waals surface area contributed by atoms with Gasteiger partial charge in [0.25, 0.3) is 0 Å². The van der Waals surface area contributed by atoms with Crippen LogP contribution in [0.25, 0.3) is 11.3 Å². The summed E-state index contributed by atoms with van der Waals surface area (Å²) in [7, 11) is 4.90. The van der Waals surface area contributed by atoms with Gasteiger partial charge in [-0.1, -0.05) is 12.1 Å². The number of ether oxygens (including phenoxy) is 4. The summed E-state index contributed by atoms with van der Waals surface area (Å²) in [6, 6.07) is 9.74. The zero-order valence-electron chi connectivity index (χ0n) is 17.6. The Labute approximate surface area is 176 Å². The molecule has 7 heteroatoms. The van der Waals surface area contributed by atoms with Gasteiger partial charge in [-0.2, -0.15) is 0 Å². The molecule has 0 aliphatic heterocycles. The van der Waals surface area contributed by atoms with Gasteiger partial charge in [-0.05, 0) is 31.4 Å². The highest BCUT2D eigenvalue weighted by molar-refractivity contribution is 5.73. The predicted octanol–water partition coefficient (Wildman–Crippen LogP) is 4.41. The molecule has 0 amide bonds. The van der Waals surface area contributed by atoms with Crippen molar-refractivity contribution in [2.75, 3.05) is 33.3 Å². The first-order valence-electron chi connectivity index (χ1n) is 9.86. The van der Waals surface area contributed by atoms with Crippen molar-refractivity contribution in [1.82, 2.24) is 9.97 Å². The molecule has 2 aromatic carbocycles. The second-order valence-corrected chi connectivity index (χ2v) is 6.82. The van der Waals surface area contributed by atoms with Crippen molar-refractivity contribution in [2.45, 2.75) is 19.8 Å². The van der Waals surface area contributed by atoms with Crippen LogP contribution in [-0.2, 0) is 12.8 Å². The van der Waals surface area contributed by atoms with Crippen molar-refractivity contribution in [2.24, 2.45) is 0 Å². The number of aromatic nitrogens is 2. The Balaban J connectivity index is 1.71. The van der Waals surface area contributed by atoms with Gasteiger partial charge in [0.2, 0.25) is 11.7 Å². The second-order valence-electron chi connectivity index (χ2n) is 6.82. The van der Waals surface area contributed by atoms with Gasteiger partial charge in [-0.15, -0.1) is 0 Å². The van der Waals surface area contributed by atoms with Crippen molar-refractivity contribution < 1.29 is 18.9 Å². The van der Waals surface area contributed by atoms with Gasteiger partial charge in [0.05, 0.1) is 33.6 Å². The molecule has 0 bridgehead atoms. The lowest BCUT2D eigenvalue weighted by atomic mass is 9.89. The van der Waals surface area contributed by atoms with E-state index < -0.39 is 0 Å². The summed E-state index contributed by atoms with van der Waals surface area (Å²) >= 11 is 0. The molecular weight excluding hydrogens is 382 g/mol. The van der Waals surface area contributed by atoms with Gasteiger partial charge in [0, 0.05) is 35.1 Å². The third kappa shape index (κ3) is 3.58. The molecule has 1 aliphatic carbocycles. The molecule has 1 aliphatic rings. The lowest BCUT2D eigenvalue weighted by Gasteiger charge is -2.21. The average Bonchev–Trinajstić information content (AvgIpc) is 2.79. The van der Waals surface area contributed by atoms with Gasteiger partial charge in [0.1, 0.15) is 5.75 Å². The van der Waals surface area contributed by atoms with Gasteiger partial charge >= 0.3 is 0 Å². The van der Waals surface area contributed by atoms with Crippen molar-refractivity contribution in [3.8, 4) is 34.3 Å². The van der Waals surface area contributed by atoms with Crippen molar-refractivity contribution in [3.63, 3.8) is 0 Å². The van der Waals surface area contributed by atoms with Crippen molar-refractivity contribution >= 4 is 11.6 Å². The van der Waals surface area contributed by atoms with E-state index in [2.05, 4.69) is 16.4 Å². The third-order valence-electron chi connectivity index (χ3n) is 5.12. The van der Waals surface area contributed by atoms with Crippen molar-refractivity contribution in [1.29, 1.82) is 0 Å². The Morgan fingerprint density at radius 3 is 2.37 bits per heavy atom. The summed E-state index contributed by atoms with van der Waals surface area (Å²) < 4.78 is 22.2. The number of aryl methyl sites for hydroxylation is 1. The monoisotopic (exact) mass is 407 g/mol. The highest BCUT2D eigenvalue weighted by Gasteiger charge is 2.22. The maximum absolute atomic E-state index is 5.67. The van der Waals surface area contributed by atoms with Crippen LogP contribution in [-0.4, -0.2) is 37.9 Å². The summed E-state index contributed by atoms with van der Waals surface area (Å²) in [6.45, 7) is 2.43. The van der Waals surface area contributed by atoms with E-state index in [1.807, 2.05) is 37.4 Å². The van der Waals surface area contributed by atoms with E-state index in [0.29, 0.717) is 29.8 Å². The number of fused-ring (bicyclic) bond motifs is 3. The molecule has 0 saturated heterocycles. The Hall–Kier alpha value is -3.48. The fourth-order valence-electron chi connectivity index (χ4n) is 3.75. The Morgan fingerprint density at radius 1 is 0.967 bits per heavy atom. The summed E-state index contributed by atoms with van der Waals surface area (Å²) in [6.07, 6.45) is 3.68. The van der Waals surface area contributed by atoms with Crippen LogP contribution < -0.4 is 24.3 Å².